The molecule has 134 valence electrons. The molecule has 1 aromatic heterocycles. The average Bonchev–Trinajstić information content (AvgIpc) is 3.13. The molecule has 4 heteroatoms. The lowest BCUT2D eigenvalue weighted by atomic mass is 9.91. The number of nitrogens with zero attached hydrogens (tertiary/aromatic N) is 3. The Labute approximate surface area is 143 Å². The van der Waals surface area contributed by atoms with Gasteiger partial charge in [-0.2, -0.15) is 5.10 Å². The second-order valence-corrected chi connectivity index (χ2v) is 7.54. The minimum Gasteiger partial charge on any atom is -0.383 e. The van der Waals surface area contributed by atoms with Crippen LogP contribution >= 0.6 is 0 Å². The molecule has 0 aliphatic carbocycles. The fourth-order valence-corrected chi connectivity index (χ4v) is 2.97. The van der Waals surface area contributed by atoms with Crippen molar-refractivity contribution >= 4 is 0 Å². The second kappa shape index (κ2) is 8.84. The molecule has 0 bridgehead atoms. The summed E-state index contributed by atoms with van der Waals surface area (Å²) in [6.07, 6.45) is 1.19. The molecule has 0 amide bonds. The summed E-state index contributed by atoms with van der Waals surface area (Å²) in [5.74, 6) is 0.485. The lowest BCUT2D eigenvalue weighted by molar-refractivity contribution is 0.158. The molecule has 4 nitrogen and oxygen atoms in total. The van der Waals surface area contributed by atoms with E-state index < -0.39 is 0 Å². The molecule has 0 aromatic carbocycles. The second-order valence-electron chi connectivity index (χ2n) is 7.54. The monoisotopic (exact) mass is 323 g/mol. The van der Waals surface area contributed by atoms with Gasteiger partial charge in [0.2, 0.25) is 0 Å². The maximum atomic E-state index is 5.19. The normalized spacial score (nSPS) is 19.1. The van der Waals surface area contributed by atoms with E-state index in [2.05, 4.69) is 50.3 Å². The van der Waals surface area contributed by atoms with Gasteiger partial charge in [0.1, 0.15) is 0 Å². The van der Waals surface area contributed by atoms with Gasteiger partial charge >= 0.3 is 0 Å². The molecule has 1 saturated heterocycles. The molecule has 23 heavy (non-hydrogen) atoms. The van der Waals surface area contributed by atoms with Crippen LogP contribution in [-0.2, 0) is 10.2 Å². The Morgan fingerprint density at radius 1 is 1.30 bits per heavy atom. The Hall–Kier alpha value is -0.870. The lowest BCUT2D eigenvalue weighted by Crippen LogP contribution is -2.27. The van der Waals surface area contributed by atoms with E-state index in [1.54, 1.807) is 7.11 Å². The van der Waals surface area contributed by atoms with Crippen molar-refractivity contribution in [1.82, 2.24) is 14.7 Å². The zero-order valence-electron chi connectivity index (χ0n) is 16.5. The summed E-state index contributed by atoms with van der Waals surface area (Å²) < 4.78 is 7.50. The van der Waals surface area contributed by atoms with E-state index in [1.807, 2.05) is 13.8 Å². The van der Waals surface area contributed by atoms with E-state index in [0.717, 1.165) is 26.2 Å². The van der Waals surface area contributed by atoms with Crippen molar-refractivity contribution in [3.8, 4) is 0 Å². The Bertz CT molecular complexity index is 460. The number of methoxy groups -OCH3 is 1. The average molecular weight is 324 g/mol. The van der Waals surface area contributed by atoms with Gasteiger partial charge in [-0.15, -0.1) is 0 Å². The van der Waals surface area contributed by atoms with Crippen molar-refractivity contribution < 1.29 is 4.74 Å². The van der Waals surface area contributed by atoms with E-state index in [1.165, 1.54) is 17.8 Å². The summed E-state index contributed by atoms with van der Waals surface area (Å²) in [5, 5.41) is 4.93. The van der Waals surface area contributed by atoms with Crippen LogP contribution in [0.15, 0.2) is 6.07 Å². The molecule has 1 fully saturated rings. The molecule has 0 radical (unpaired) electrons. The number of aromatic nitrogens is 2. The summed E-state index contributed by atoms with van der Waals surface area (Å²) >= 11 is 0. The zero-order valence-corrected chi connectivity index (χ0v) is 16.5. The third-order valence-electron chi connectivity index (χ3n) is 4.32. The van der Waals surface area contributed by atoms with Gasteiger partial charge in [-0.3, -0.25) is 9.58 Å². The van der Waals surface area contributed by atoms with E-state index in [0.29, 0.717) is 12.0 Å². The predicted octanol–water partition coefficient (Wildman–Crippen LogP) is 4.22. The summed E-state index contributed by atoms with van der Waals surface area (Å²) in [6, 6.07) is 2.81. The molecular formula is C19H37N3O. The van der Waals surface area contributed by atoms with Crippen LogP contribution in [0.5, 0.6) is 0 Å². The van der Waals surface area contributed by atoms with Gasteiger partial charge in [0.25, 0.3) is 0 Å². The van der Waals surface area contributed by atoms with Crippen molar-refractivity contribution in [1.29, 1.82) is 0 Å². The highest BCUT2D eigenvalue weighted by Gasteiger charge is 2.30. The molecule has 1 aliphatic heterocycles. The molecule has 1 atom stereocenters. The van der Waals surface area contributed by atoms with Crippen LogP contribution in [0.1, 0.15) is 78.2 Å². The van der Waals surface area contributed by atoms with Gasteiger partial charge < -0.3 is 4.74 Å². The topological polar surface area (TPSA) is 30.3 Å². The molecule has 0 N–H and O–H groups in total. The fraction of sp³-hybridized carbons (Fsp3) is 0.842. The SMILES string of the molecule is CC.COCCN1CCC(n2nc(C(C)C)cc2C(C)(C)C)C1. The molecule has 1 aliphatic rings. The minimum atomic E-state index is 0.139. The van der Waals surface area contributed by atoms with Crippen molar-refractivity contribution in [2.24, 2.45) is 0 Å². The maximum absolute atomic E-state index is 5.19. The standard InChI is InChI=1S/C17H31N3O.C2H6/c1-13(2)15-11-16(17(3,4)5)20(18-15)14-7-8-19(12-14)9-10-21-6;1-2/h11,13-14H,7-10,12H2,1-6H3;1-2H3. The first-order valence-electron chi connectivity index (χ1n) is 9.14. The summed E-state index contributed by atoms with van der Waals surface area (Å²) in [4.78, 5) is 2.48. The molecule has 1 aromatic rings. The fourth-order valence-electron chi connectivity index (χ4n) is 2.97. The molecule has 1 unspecified atom stereocenters. The number of rotatable bonds is 5. The first-order chi connectivity index (χ1) is 10.8. The van der Waals surface area contributed by atoms with Gasteiger partial charge in [0.15, 0.2) is 0 Å². The largest absolute Gasteiger partial charge is 0.383 e. The molecule has 2 rings (SSSR count). The van der Waals surface area contributed by atoms with Crippen LogP contribution in [0.4, 0.5) is 0 Å². The van der Waals surface area contributed by atoms with E-state index in [9.17, 15) is 0 Å². The Morgan fingerprint density at radius 3 is 2.48 bits per heavy atom. The van der Waals surface area contributed by atoms with Crippen molar-refractivity contribution in [2.75, 3.05) is 33.4 Å². The van der Waals surface area contributed by atoms with Crippen LogP contribution in [0.3, 0.4) is 0 Å². The van der Waals surface area contributed by atoms with Crippen molar-refractivity contribution in [3.63, 3.8) is 0 Å². The minimum absolute atomic E-state index is 0.139. The predicted molar refractivity (Wildman–Crippen MR) is 98.3 cm³/mol. The third kappa shape index (κ3) is 5.32. The van der Waals surface area contributed by atoms with Gasteiger partial charge in [-0.1, -0.05) is 48.5 Å². The van der Waals surface area contributed by atoms with E-state index in [-0.39, 0.29) is 5.41 Å². The van der Waals surface area contributed by atoms with Crippen LogP contribution in [-0.4, -0.2) is 48.0 Å². The van der Waals surface area contributed by atoms with Crippen molar-refractivity contribution in [2.45, 2.75) is 72.3 Å². The third-order valence-corrected chi connectivity index (χ3v) is 4.32. The number of likely N-dealkylation sites (tertiary alicyclic amines) is 1. The number of hydrogen-bond donors (Lipinski definition) is 0. The highest BCUT2D eigenvalue weighted by Crippen LogP contribution is 2.31. The zero-order chi connectivity index (χ0) is 17.6. The summed E-state index contributed by atoms with van der Waals surface area (Å²) in [5.41, 5.74) is 2.72. The Kier molecular flexibility index (Phi) is 7.75. The van der Waals surface area contributed by atoms with Crippen molar-refractivity contribution in [3.05, 3.63) is 17.5 Å². The highest BCUT2D eigenvalue weighted by atomic mass is 16.5. The molecular weight excluding hydrogens is 286 g/mol. The first kappa shape index (κ1) is 20.2. The van der Waals surface area contributed by atoms with E-state index >= 15 is 0 Å². The highest BCUT2D eigenvalue weighted by molar-refractivity contribution is 5.21. The van der Waals surface area contributed by atoms with Gasteiger partial charge in [-0.05, 0) is 18.4 Å². The van der Waals surface area contributed by atoms with Crippen LogP contribution in [0.25, 0.3) is 0 Å². The molecule has 0 saturated carbocycles. The van der Waals surface area contributed by atoms with Crippen LogP contribution < -0.4 is 0 Å². The van der Waals surface area contributed by atoms with E-state index in [4.69, 9.17) is 9.84 Å². The van der Waals surface area contributed by atoms with Gasteiger partial charge in [0.05, 0.1) is 18.3 Å². The Morgan fingerprint density at radius 2 is 1.96 bits per heavy atom. The summed E-state index contributed by atoms with van der Waals surface area (Å²) in [6.45, 7) is 19.4. The first-order valence-corrected chi connectivity index (χ1v) is 9.14. The van der Waals surface area contributed by atoms with Gasteiger partial charge in [-0.25, -0.2) is 0 Å². The van der Waals surface area contributed by atoms with Crippen LogP contribution in [0, 0.1) is 0 Å². The molecule has 2 heterocycles. The number of hydrogen-bond acceptors (Lipinski definition) is 3. The van der Waals surface area contributed by atoms with Crippen LogP contribution in [0.2, 0.25) is 0 Å². The summed E-state index contributed by atoms with van der Waals surface area (Å²) in [7, 11) is 1.77. The quantitative estimate of drug-likeness (QED) is 0.812. The lowest BCUT2D eigenvalue weighted by Gasteiger charge is -2.24. The number of ether oxygens (including phenoxy) is 1. The Balaban J connectivity index is 0.00000127. The van der Waals surface area contributed by atoms with Gasteiger partial charge in [0, 0.05) is 37.9 Å². The maximum Gasteiger partial charge on any atom is 0.0661 e. The molecule has 0 spiro atoms. The smallest absolute Gasteiger partial charge is 0.0661 e.